The second-order valence-electron chi connectivity index (χ2n) is 7.13. The Morgan fingerprint density at radius 2 is 1.68 bits per heavy atom. The molecule has 1 aliphatic rings. The van der Waals surface area contributed by atoms with E-state index in [0.717, 1.165) is 31.9 Å². The number of rotatable bonds is 5. The van der Waals surface area contributed by atoms with Crippen LogP contribution in [0.5, 0.6) is 0 Å². The summed E-state index contributed by atoms with van der Waals surface area (Å²) in [6.45, 7) is 5.26. The minimum atomic E-state index is -0.248. The van der Waals surface area contributed by atoms with Gasteiger partial charge in [0.15, 0.2) is 0 Å². The number of carbonyl (C=O) groups is 2. The lowest BCUT2D eigenvalue weighted by Crippen LogP contribution is -2.46. The molecule has 28 heavy (non-hydrogen) atoms. The van der Waals surface area contributed by atoms with Crippen LogP contribution in [-0.4, -0.2) is 41.0 Å². The first kappa shape index (κ1) is 19.6. The molecule has 2 aromatic rings. The van der Waals surface area contributed by atoms with Crippen LogP contribution in [0.25, 0.3) is 0 Å². The lowest BCUT2D eigenvalue weighted by atomic mass is 10.1. The van der Waals surface area contributed by atoms with E-state index < -0.39 is 0 Å². The van der Waals surface area contributed by atoms with Crippen molar-refractivity contribution in [1.82, 2.24) is 15.3 Å². The number of nitrogens with zero attached hydrogens (tertiary/aromatic N) is 3. The molecule has 1 aromatic heterocycles. The van der Waals surface area contributed by atoms with Crippen LogP contribution in [0, 0.1) is 5.92 Å². The fourth-order valence-corrected chi connectivity index (χ4v) is 2.99. The summed E-state index contributed by atoms with van der Waals surface area (Å²) < 4.78 is 0. The minimum absolute atomic E-state index is 0.0595. The lowest BCUT2D eigenvalue weighted by molar-refractivity contribution is -0.118. The van der Waals surface area contributed by atoms with Crippen LogP contribution in [0.3, 0.4) is 0 Å². The molecule has 0 aliphatic carbocycles. The molecule has 0 bridgehead atoms. The molecule has 8 heteroatoms. The van der Waals surface area contributed by atoms with Crippen molar-refractivity contribution in [2.75, 3.05) is 28.6 Å². The van der Waals surface area contributed by atoms with Crippen LogP contribution in [0.4, 0.5) is 22.1 Å². The number of aromatic nitrogens is 2. The van der Waals surface area contributed by atoms with E-state index in [4.69, 9.17) is 0 Å². The number of hydrogen-bond acceptors (Lipinski definition) is 5. The van der Waals surface area contributed by atoms with Crippen molar-refractivity contribution in [3.05, 3.63) is 42.7 Å². The largest absolute Gasteiger partial charge is 0.341 e. The van der Waals surface area contributed by atoms with Crippen molar-refractivity contribution in [3.8, 4) is 0 Å². The maximum Gasteiger partial charge on any atom is 0.319 e. The highest BCUT2D eigenvalue weighted by molar-refractivity contribution is 5.94. The summed E-state index contributed by atoms with van der Waals surface area (Å²) >= 11 is 0. The molecule has 0 spiro atoms. The van der Waals surface area contributed by atoms with Gasteiger partial charge in [-0.1, -0.05) is 19.9 Å². The highest BCUT2D eigenvalue weighted by Gasteiger charge is 2.22. The molecule has 1 fully saturated rings. The standard InChI is InChI=1S/C20H26N6O2/c1-14(2)18(27)23-16-5-3-6-17(13-16)25-20(28)24-15-7-11-26(12-8-15)19-21-9-4-10-22-19/h3-6,9-10,13-15H,7-8,11-12H2,1-2H3,(H,23,27)(H2,24,25,28). The molecule has 1 aromatic carbocycles. The van der Waals surface area contributed by atoms with Gasteiger partial charge in [0.1, 0.15) is 0 Å². The molecule has 3 N–H and O–H groups in total. The molecule has 148 valence electrons. The first-order valence-electron chi connectivity index (χ1n) is 9.51. The van der Waals surface area contributed by atoms with Crippen LogP contribution in [-0.2, 0) is 4.79 Å². The van der Waals surface area contributed by atoms with Gasteiger partial charge < -0.3 is 20.9 Å². The van der Waals surface area contributed by atoms with E-state index in [2.05, 4.69) is 30.8 Å². The molecule has 3 rings (SSSR count). The van der Waals surface area contributed by atoms with Crippen LogP contribution in [0.15, 0.2) is 42.7 Å². The second kappa shape index (κ2) is 9.16. The fourth-order valence-electron chi connectivity index (χ4n) is 2.99. The van der Waals surface area contributed by atoms with Gasteiger partial charge in [0.2, 0.25) is 11.9 Å². The zero-order chi connectivity index (χ0) is 19.9. The topological polar surface area (TPSA) is 99.2 Å². The number of amides is 3. The first-order chi connectivity index (χ1) is 13.5. The van der Waals surface area contributed by atoms with Gasteiger partial charge in [-0.15, -0.1) is 0 Å². The highest BCUT2D eigenvalue weighted by atomic mass is 16.2. The van der Waals surface area contributed by atoms with Crippen LogP contribution >= 0.6 is 0 Å². The van der Waals surface area contributed by atoms with Crippen LogP contribution < -0.4 is 20.9 Å². The van der Waals surface area contributed by atoms with E-state index >= 15 is 0 Å². The molecule has 0 saturated carbocycles. The predicted octanol–water partition coefficient (Wildman–Crippen LogP) is 2.86. The van der Waals surface area contributed by atoms with Gasteiger partial charge in [-0.3, -0.25) is 4.79 Å². The smallest absolute Gasteiger partial charge is 0.319 e. The first-order valence-corrected chi connectivity index (χ1v) is 9.51. The number of nitrogens with one attached hydrogen (secondary N) is 3. The quantitative estimate of drug-likeness (QED) is 0.738. The molecular formula is C20H26N6O2. The molecule has 2 heterocycles. The summed E-state index contributed by atoms with van der Waals surface area (Å²) in [4.78, 5) is 34.8. The molecule has 0 radical (unpaired) electrons. The Morgan fingerprint density at radius 3 is 2.32 bits per heavy atom. The van der Waals surface area contributed by atoms with Crippen molar-refractivity contribution >= 4 is 29.3 Å². The SMILES string of the molecule is CC(C)C(=O)Nc1cccc(NC(=O)NC2CCN(c3ncccn3)CC2)c1. The average Bonchev–Trinajstić information content (AvgIpc) is 2.69. The number of hydrogen-bond donors (Lipinski definition) is 3. The summed E-state index contributed by atoms with van der Waals surface area (Å²) in [5.74, 6) is 0.563. The summed E-state index contributed by atoms with van der Waals surface area (Å²) in [6.07, 6.45) is 5.13. The zero-order valence-electron chi connectivity index (χ0n) is 16.2. The van der Waals surface area contributed by atoms with E-state index in [0.29, 0.717) is 11.4 Å². The third kappa shape index (κ3) is 5.42. The van der Waals surface area contributed by atoms with Gasteiger partial charge >= 0.3 is 6.03 Å². The van der Waals surface area contributed by atoms with Gasteiger partial charge in [0, 0.05) is 48.8 Å². The molecule has 0 unspecified atom stereocenters. The Morgan fingerprint density at radius 1 is 1.04 bits per heavy atom. The van der Waals surface area contributed by atoms with E-state index in [-0.39, 0.29) is 23.9 Å². The summed E-state index contributed by atoms with van der Waals surface area (Å²) in [5, 5.41) is 8.68. The van der Waals surface area contributed by atoms with Crippen LogP contribution in [0.2, 0.25) is 0 Å². The number of benzene rings is 1. The number of anilines is 3. The third-order valence-corrected chi connectivity index (χ3v) is 4.58. The third-order valence-electron chi connectivity index (χ3n) is 4.58. The zero-order valence-corrected chi connectivity index (χ0v) is 16.2. The van der Waals surface area contributed by atoms with Crippen LogP contribution in [0.1, 0.15) is 26.7 Å². The van der Waals surface area contributed by atoms with Crippen molar-refractivity contribution in [3.63, 3.8) is 0 Å². The van der Waals surface area contributed by atoms with Gasteiger partial charge in [0.25, 0.3) is 0 Å². The van der Waals surface area contributed by atoms with Gasteiger partial charge in [0.05, 0.1) is 0 Å². The lowest BCUT2D eigenvalue weighted by Gasteiger charge is -2.32. The summed E-state index contributed by atoms with van der Waals surface area (Å²) in [7, 11) is 0. The Labute approximate surface area is 164 Å². The molecule has 0 atom stereocenters. The molecule has 8 nitrogen and oxygen atoms in total. The molecule has 1 saturated heterocycles. The van der Waals surface area contributed by atoms with Gasteiger partial charge in [-0.25, -0.2) is 14.8 Å². The minimum Gasteiger partial charge on any atom is -0.341 e. The van der Waals surface area contributed by atoms with Crippen molar-refractivity contribution in [2.24, 2.45) is 5.92 Å². The molecular weight excluding hydrogens is 356 g/mol. The summed E-state index contributed by atoms with van der Waals surface area (Å²) in [6, 6.07) is 8.78. The number of carbonyl (C=O) groups excluding carboxylic acids is 2. The second-order valence-corrected chi connectivity index (χ2v) is 7.13. The maximum absolute atomic E-state index is 12.3. The molecule has 3 amide bonds. The monoisotopic (exact) mass is 382 g/mol. The van der Waals surface area contributed by atoms with E-state index in [1.807, 2.05) is 13.8 Å². The highest BCUT2D eigenvalue weighted by Crippen LogP contribution is 2.17. The molecule has 1 aliphatic heterocycles. The normalized spacial score (nSPS) is 14.6. The fraction of sp³-hybridized carbons (Fsp3) is 0.400. The van der Waals surface area contributed by atoms with E-state index in [1.54, 1.807) is 42.7 Å². The number of urea groups is 1. The average molecular weight is 382 g/mol. The van der Waals surface area contributed by atoms with Crippen molar-refractivity contribution in [1.29, 1.82) is 0 Å². The Hall–Kier alpha value is -3.16. The van der Waals surface area contributed by atoms with E-state index in [9.17, 15) is 9.59 Å². The summed E-state index contributed by atoms with van der Waals surface area (Å²) in [5.41, 5.74) is 1.29. The Balaban J connectivity index is 1.48. The Bertz CT molecular complexity index is 803. The van der Waals surface area contributed by atoms with Gasteiger partial charge in [-0.05, 0) is 37.1 Å². The number of piperidine rings is 1. The predicted molar refractivity (Wildman–Crippen MR) is 109 cm³/mol. The van der Waals surface area contributed by atoms with Crippen molar-refractivity contribution in [2.45, 2.75) is 32.7 Å². The van der Waals surface area contributed by atoms with Gasteiger partial charge in [-0.2, -0.15) is 0 Å². The maximum atomic E-state index is 12.3. The van der Waals surface area contributed by atoms with Crippen molar-refractivity contribution < 1.29 is 9.59 Å². The Kier molecular flexibility index (Phi) is 6.41. The van der Waals surface area contributed by atoms with E-state index in [1.165, 1.54) is 0 Å².